The molecule has 5 heteroatoms. The summed E-state index contributed by atoms with van der Waals surface area (Å²) >= 11 is 0. The van der Waals surface area contributed by atoms with E-state index < -0.39 is 0 Å². The third-order valence-electron chi connectivity index (χ3n) is 4.40. The summed E-state index contributed by atoms with van der Waals surface area (Å²) in [5.41, 5.74) is 2.18. The van der Waals surface area contributed by atoms with Gasteiger partial charge in [0.05, 0.1) is 23.0 Å². The van der Waals surface area contributed by atoms with Crippen molar-refractivity contribution in [2.24, 2.45) is 11.8 Å². The lowest BCUT2D eigenvalue weighted by atomic mass is 10.2. The Morgan fingerprint density at radius 1 is 0.840 bits per heavy atom. The molecule has 0 radical (unpaired) electrons. The number of nitrogens with one attached hydrogen (secondary N) is 2. The van der Waals surface area contributed by atoms with Gasteiger partial charge in [0.25, 0.3) is 0 Å². The highest BCUT2D eigenvalue weighted by Gasteiger charge is 2.48. The van der Waals surface area contributed by atoms with Crippen LogP contribution >= 0.6 is 0 Å². The van der Waals surface area contributed by atoms with Crippen LogP contribution < -0.4 is 10.6 Å². The van der Waals surface area contributed by atoms with Gasteiger partial charge in [-0.25, -0.2) is 0 Å². The first-order valence-electron chi connectivity index (χ1n) is 8.23. The topological polar surface area (TPSA) is 71.1 Å². The van der Waals surface area contributed by atoms with Gasteiger partial charge in [-0.1, -0.05) is 36.4 Å². The van der Waals surface area contributed by atoms with Crippen molar-refractivity contribution in [2.75, 3.05) is 10.6 Å². The summed E-state index contributed by atoms with van der Waals surface area (Å²) in [5, 5.41) is 6.73. The van der Waals surface area contributed by atoms with Gasteiger partial charge in [0.2, 0.25) is 11.8 Å². The van der Waals surface area contributed by atoms with Gasteiger partial charge in [0.1, 0.15) is 0 Å². The average molecular weight is 331 g/mol. The van der Waals surface area contributed by atoms with E-state index in [9.17, 15) is 9.59 Å². The number of rotatable bonds is 4. The van der Waals surface area contributed by atoms with Crippen LogP contribution in [0.4, 0.5) is 11.4 Å². The van der Waals surface area contributed by atoms with Gasteiger partial charge in [0, 0.05) is 17.3 Å². The van der Waals surface area contributed by atoms with Gasteiger partial charge in [-0.3, -0.25) is 14.6 Å². The molecule has 0 bridgehead atoms. The van der Waals surface area contributed by atoms with Crippen LogP contribution in [0.15, 0.2) is 66.9 Å². The molecule has 25 heavy (non-hydrogen) atoms. The Hall–Kier alpha value is -3.21. The number of carbonyl (C=O) groups is 2. The van der Waals surface area contributed by atoms with Gasteiger partial charge in [0.15, 0.2) is 0 Å². The molecule has 1 aromatic heterocycles. The number of nitrogens with zero attached hydrogens (tertiary/aromatic N) is 1. The summed E-state index contributed by atoms with van der Waals surface area (Å²) in [7, 11) is 0. The van der Waals surface area contributed by atoms with Crippen LogP contribution in [0, 0.1) is 11.8 Å². The van der Waals surface area contributed by atoms with Crippen molar-refractivity contribution in [2.45, 2.75) is 6.42 Å². The summed E-state index contributed by atoms with van der Waals surface area (Å²) in [6.45, 7) is 0. The van der Waals surface area contributed by atoms with Gasteiger partial charge in [-0.15, -0.1) is 0 Å². The molecule has 5 nitrogen and oxygen atoms in total. The van der Waals surface area contributed by atoms with E-state index in [1.54, 1.807) is 6.20 Å². The minimum Gasteiger partial charge on any atom is -0.326 e. The zero-order valence-corrected chi connectivity index (χ0v) is 13.5. The Morgan fingerprint density at radius 2 is 1.56 bits per heavy atom. The number of aromatic nitrogens is 1. The lowest BCUT2D eigenvalue weighted by Gasteiger charge is -2.08. The predicted octanol–water partition coefficient (Wildman–Crippen LogP) is 3.45. The largest absolute Gasteiger partial charge is 0.326 e. The molecule has 2 unspecified atom stereocenters. The van der Waals surface area contributed by atoms with E-state index in [4.69, 9.17) is 0 Å². The smallest absolute Gasteiger partial charge is 0.228 e. The van der Waals surface area contributed by atoms with Crippen molar-refractivity contribution >= 4 is 34.1 Å². The molecule has 4 rings (SSSR count). The Morgan fingerprint density at radius 3 is 2.36 bits per heavy atom. The highest BCUT2D eigenvalue weighted by Crippen LogP contribution is 2.40. The SMILES string of the molecule is O=C(Nc1ccccc1)C1CC1C(=O)Nc1cccc2cccnc12. The summed E-state index contributed by atoms with van der Waals surface area (Å²) in [4.78, 5) is 29.0. The first-order chi connectivity index (χ1) is 12.2. The van der Waals surface area contributed by atoms with Crippen LogP contribution in [-0.4, -0.2) is 16.8 Å². The monoisotopic (exact) mass is 331 g/mol. The highest BCUT2D eigenvalue weighted by molar-refractivity contribution is 6.06. The molecule has 1 saturated carbocycles. The van der Waals surface area contributed by atoms with E-state index in [-0.39, 0.29) is 23.7 Å². The standard InChI is InChI=1S/C20H17N3O2/c24-19(22-14-8-2-1-3-9-14)15-12-16(15)20(25)23-17-10-4-6-13-7-5-11-21-18(13)17/h1-11,15-16H,12H2,(H,22,24)(H,23,25). The number of anilines is 2. The molecule has 2 N–H and O–H groups in total. The maximum absolute atomic E-state index is 12.5. The van der Waals surface area contributed by atoms with Crippen LogP contribution in [0.25, 0.3) is 10.9 Å². The fraction of sp³-hybridized carbons (Fsp3) is 0.150. The molecule has 124 valence electrons. The molecule has 0 aliphatic heterocycles. The molecular weight excluding hydrogens is 314 g/mol. The summed E-state index contributed by atoms with van der Waals surface area (Å²) < 4.78 is 0. The molecule has 2 aromatic carbocycles. The normalized spacial score (nSPS) is 18.6. The molecule has 1 aliphatic rings. The molecule has 1 fully saturated rings. The number of hydrogen-bond acceptors (Lipinski definition) is 3. The van der Waals surface area contributed by atoms with Crippen molar-refractivity contribution in [3.8, 4) is 0 Å². The van der Waals surface area contributed by atoms with Crippen molar-refractivity contribution in [1.82, 2.24) is 4.98 Å². The van der Waals surface area contributed by atoms with E-state index in [0.29, 0.717) is 12.1 Å². The van der Waals surface area contributed by atoms with E-state index in [0.717, 1.165) is 16.6 Å². The van der Waals surface area contributed by atoms with Crippen LogP contribution in [0.5, 0.6) is 0 Å². The van der Waals surface area contributed by atoms with E-state index in [1.165, 1.54) is 0 Å². The van der Waals surface area contributed by atoms with Gasteiger partial charge in [-0.05, 0) is 30.7 Å². The van der Waals surface area contributed by atoms with Gasteiger partial charge in [-0.2, -0.15) is 0 Å². The maximum Gasteiger partial charge on any atom is 0.228 e. The van der Waals surface area contributed by atoms with Crippen molar-refractivity contribution in [1.29, 1.82) is 0 Å². The zero-order valence-electron chi connectivity index (χ0n) is 13.5. The third kappa shape index (κ3) is 3.21. The summed E-state index contributed by atoms with van der Waals surface area (Å²) in [6, 6.07) is 18.7. The second-order valence-corrected chi connectivity index (χ2v) is 6.17. The van der Waals surface area contributed by atoms with Crippen molar-refractivity contribution < 1.29 is 9.59 Å². The minimum absolute atomic E-state index is 0.109. The van der Waals surface area contributed by atoms with Crippen molar-refractivity contribution in [3.63, 3.8) is 0 Å². The number of hydrogen-bond donors (Lipinski definition) is 2. The second-order valence-electron chi connectivity index (χ2n) is 6.17. The van der Waals surface area contributed by atoms with Crippen LogP contribution in [0.1, 0.15) is 6.42 Å². The Labute approximate surface area is 145 Å². The highest BCUT2D eigenvalue weighted by atomic mass is 16.2. The first-order valence-corrected chi connectivity index (χ1v) is 8.23. The zero-order chi connectivity index (χ0) is 17.2. The molecule has 2 atom stereocenters. The lowest BCUT2D eigenvalue weighted by molar-refractivity contribution is -0.122. The molecule has 2 amide bonds. The predicted molar refractivity (Wildman–Crippen MR) is 97.0 cm³/mol. The Bertz CT molecular complexity index is 935. The van der Waals surface area contributed by atoms with Gasteiger partial charge >= 0.3 is 0 Å². The molecule has 0 saturated heterocycles. The first kappa shape index (κ1) is 15.3. The second kappa shape index (κ2) is 6.36. The molecule has 1 aliphatic carbocycles. The van der Waals surface area contributed by atoms with Gasteiger partial charge < -0.3 is 10.6 Å². The molecular formula is C20H17N3O2. The average Bonchev–Trinajstić information content (AvgIpc) is 3.44. The Kier molecular flexibility index (Phi) is 3.90. The van der Waals surface area contributed by atoms with E-state index in [2.05, 4.69) is 15.6 Å². The lowest BCUT2D eigenvalue weighted by Crippen LogP contribution is -2.20. The van der Waals surface area contributed by atoms with E-state index >= 15 is 0 Å². The molecule has 1 heterocycles. The van der Waals surface area contributed by atoms with E-state index in [1.807, 2.05) is 60.7 Å². The van der Waals surface area contributed by atoms with Crippen LogP contribution in [-0.2, 0) is 9.59 Å². The molecule has 3 aromatic rings. The Balaban J connectivity index is 1.42. The number of carbonyl (C=O) groups excluding carboxylic acids is 2. The number of benzene rings is 2. The minimum atomic E-state index is -0.289. The quantitative estimate of drug-likeness (QED) is 0.769. The maximum atomic E-state index is 12.5. The summed E-state index contributed by atoms with van der Waals surface area (Å²) in [5.74, 6) is -0.806. The van der Waals surface area contributed by atoms with Crippen molar-refractivity contribution in [3.05, 3.63) is 66.9 Å². The number of fused-ring (bicyclic) bond motifs is 1. The number of pyridine rings is 1. The molecule has 0 spiro atoms. The number of para-hydroxylation sites is 2. The fourth-order valence-electron chi connectivity index (χ4n) is 2.96. The third-order valence-corrected chi connectivity index (χ3v) is 4.40. The van der Waals surface area contributed by atoms with Crippen LogP contribution in [0.3, 0.4) is 0 Å². The van der Waals surface area contributed by atoms with Crippen LogP contribution in [0.2, 0.25) is 0 Å². The summed E-state index contributed by atoms with van der Waals surface area (Å²) in [6.07, 6.45) is 2.27. The fourth-order valence-corrected chi connectivity index (χ4v) is 2.96. The number of amides is 2.